The van der Waals surface area contributed by atoms with Crippen LogP contribution in [0.3, 0.4) is 0 Å². The van der Waals surface area contributed by atoms with Crippen molar-refractivity contribution in [2.24, 2.45) is 0 Å². The Morgan fingerprint density at radius 1 is 1.21 bits per heavy atom. The minimum absolute atomic E-state index is 0.395. The Morgan fingerprint density at radius 3 is 2.21 bits per heavy atom. The number of alkyl halides is 5. The molecule has 0 atom stereocenters. The third-order valence-electron chi connectivity index (χ3n) is 1.40. The fourth-order valence-electron chi connectivity index (χ4n) is 0.856. The van der Waals surface area contributed by atoms with E-state index in [1.165, 1.54) is 0 Å². The van der Waals surface area contributed by atoms with E-state index in [1.807, 2.05) is 0 Å². The average molecular weight is 232 g/mol. The Balaban J connectivity index is 3.29. The van der Waals surface area contributed by atoms with Crippen LogP contribution in [0.4, 0.5) is 22.0 Å². The average Bonchev–Trinajstić information content (AvgIpc) is 2.01. The first-order valence-electron chi connectivity index (χ1n) is 3.34. The molecule has 1 aromatic rings. The minimum atomic E-state index is -4.84. The monoisotopic (exact) mass is 231 g/mol. The summed E-state index contributed by atoms with van der Waals surface area (Å²) in [4.78, 5) is 2.93. The first-order chi connectivity index (χ1) is 6.32. The molecule has 0 aliphatic rings. The predicted octanol–water partition coefficient (Wildman–Crippen LogP) is 3.69. The molecule has 0 fully saturated rings. The van der Waals surface area contributed by atoms with Gasteiger partial charge in [0.2, 0.25) is 0 Å². The zero-order valence-electron chi connectivity index (χ0n) is 6.45. The molecule has 0 amide bonds. The van der Waals surface area contributed by atoms with Crippen LogP contribution in [0.1, 0.15) is 17.7 Å². The van der Waals surface area contributed by atoms with Crippen LogP contribution in [0.2, 0.25) is 5.15 Å². The van der Waals surface area contributed by atoms with Crippen molar-refractivity contribution in [2.45, 2.75) is 12.6 Å². The van der Waals surface area contributed by atoms with Crippen molar-refractivity contribution >= 4 is 11.6 Å². The molecule has 0 saturated carbocycles. The minimum Gasteiger partial charge on any atom is -0.234 e. The van der Waals surface area contributed by atoms with Crippen molar-refractivity contribution in [3.63, 3.8) is 0 Å². The molecule has 0 saturated heterocycles. The van der Waals surface area contributed by atoms with Crippen molar-refractivity contribution in [1.29, 1.82) is 0 Å². The molecule has 0 N–H and O–H groups in total. The van der Waals surface area contributed by atoms with E-state index in [1.54, 1.807) is 0 Å². The van der Waals surface area contributed by atoms with Gasteiger partial charge in [0.05, 0.1) is 5.56 Å². The number of rotatable bonds is 1. The molecule has 0 unspecified atom stereocenters. The van der Waals surface area contributed by atoms with Gasteiger partial charge >= 0.3 is 6.18 Å². The predicted molar refractivity (Wildman–Crippen MR) is 39.2 cm³/mol. The van der Waals surface area contributed by atoms with Gasteiger partial charge in [0, 0.05) is 0 Å². The summed E-state index contributed by atoms with van der Waals surface area (Å²) in [5, 5.41) is -0.395. The molecular formula is C7H3ClF5N. The van der Waals surface area contributed by atoms with Gasteiger partial charge in [-0.3, -0.25) is 0 Å². The molecule has 0 aliphatic carbocycles. The molecule has 78 valence electrons. The number of hydrogen-bond donors (Lipinski definition) is 0. The van der Waals surface area contributed by atoms with E-state index < -0.39 is 29.0 Å². The number of hydrogen-bond acceptors (Lipinski definition) is 1. The standard InChI is InChI=1S/C7H3ClF5N/c8-4-2-1-3(7(11,12)13)5(14-4)6(9)10/h1-2,6H. The molecule has 0 spiro atoms. The highest BCUT2D eigenvalue weighted by Gasteiger charge is 2.36. The summed E-state index contributed by atoms with van der Waals surface area (Å²) < 4.78 is 60.6. The van der Waals surface area contributed by atoms with Gasteiger partial charge in [-0.1, -0.05) is 11.6 Å². The number of halogens is 6. The van der Waals surface area contributed by atoms with Gasteiger partial charge in [-0.15, -0.1) is 0 Å². The maximum absolute atomic E-state index is 12.1. The maximum atomic E-state index is 12.1. The summed E-state index contributed by atoms with van der Waals surface area (Å²) in [7, 11) is 0. The van der Waals surface area contributed by atoms with Crippen molar-refractivity contribution in [1.82, 2.24) is 4.98 Å². The molecule has 0 aromatic carbocycles. The lowest BCUT2D eigenvalue weighted by atomic mass is 10.2. The Morgan fingerprint density at radius 2 is 1.79 bits per heavy atom. The van der Waals surface area contributed by atoms with E-state index in [0.29, 0.717) is 6.07 Å². The fourth-order valence-corrected chi connectivity index (χ4v) is 1.01. The summed E-state index contributed by atoms with van der Waals surface area (Å²) in [6.45, 7) is 0. The van der Waals surface area contributed by atoms with Gasteiger partial charge < -0.3 is 0 Å². The first kappa shape index (κ1) is 11.2. The summed E-state index contributed by atoms with van der Waals surface area (Å²) >= 11 is 5.20. The zero-order valence-corrected chi connectivity index (χ0v) is 7.20. The van der Waals surface area contributed by atoms with E-state index >= 15 is 0 Å². The van der Waals surface area contributed by atoms with E-state index in [2.05, 4.69) is 4.98 Å². The zero-order chi connectivity index (χ0) is 10.9. The third-order valence-corrected chi connectivity index (χ3v) is 1.61. The Kier molecular flexibility index (Phi) is 2.94. The molecule has 0 radical (unpaired) electrons. The van der Waals surface area contributed by atoms with Crippen molar-refractivity contribution < 1.29 is 22.0 Å². The SMILES string of the molecule is FC(F)c1nc(Cl)ccc1C(F)(F)F. The van der Waals surface area contributed by atoms with Gasteiger partial charge in [-0.25, -0.2) is 13.8 Å². The van der Waals surface area contributed by atoms with Crippen molar-refractivity contribution in [3.05, 3.63) is 28.5 Å². The van der Waals surface area contributed by atoms with Gasteiger partial charge in [0.25, 0.3) is 6.43 Å². The van der Waals surface area contributed by atoms with Crippen LogP contribution in [0.5, 0.6) is 0 Å². The highest BCUT2D eigenvalue weighted by Crippen LogP contribution is 2.35. The van der Waals surface area contributed by atoms with Crippen molar-refractivity contribution in [2.75, 3.05) is 0 Å². The summed E-state index contributed by atoms with van der Waals surface area (Å²) in [5.74, 6) is 0. The maximum Gasteiger partial charge on any atom is 0.418 e. The van der Waals surface area contributed by atoms with Gasteiger partial charge in [-0.2, -0.15) is 13.2 Å². The normalized spacial score (nSPS) is 12.2. The quantitative estimate of drug-likeness (QED) is 0.531. The van der Waals surface area contributed by atoms with E-state index in [-0.39, 0.29) is 0 Å². The van der Waals surface area contributed by atoms with Gasteiger partial charge in [-0.05, 0) is 12.1 Å². The summed E-state index contributed by atoms with van der Waals surface area (Å²) in [5.41, 5.74) is -2.80. The molecule has 0 aliphatic heterocycles. The van der Waals surface area contributed by atoms with E-state index in [4.69, 9.17) is 11.6 Å². The van der Waals surface area contributed by atoms with Gasteiger partial charge in [0.15, 0.2) is 0 Å². The topological polar surface area (TPSA) is 12.9 Å². The van der Waals surface area contributed by atoms with Crippen LogP contribution < -0.4 is 0 Å². The number of nitrogens with zero attached hydrogens (tertiary/aromatic N) is 1. The van der Waals surface area contributed by atoms with Crippen LogP contribution in [0, 0.1) is 0 Å². The fraction of sp³-hybridized carbons (Fsp3) is 0.286. The second kappa shape index (κ2) is 3.68. The lowest BCUT2D eigenvalue weighted by molar-refractivity contribution is -0.139. The molecule has 1 rings (SSSR count). The second-order valence-electron chi connectivity index (χ2n) is 2.37. The second-order valence-corrected chi connectivity index (χ2v) is 2.75. The molecule has 1 nitrogen and oxygen atoms in total. The largest absolute Gasteiger partial charge is 0.418 e. The molecule has 0 bridgehead atoms. The highest BCUT2D eigenvalue weighted by atomic mass is 35.5. The Hall–Kier alpha value is -0.910. The highest BCUT2D eigenvalue weighted by molar-refractivity contribution is 6.29. The Bertz CT molecular complexity index is 335. The van der Waals surface area contributed by atoms with Crippen LogP contribution in [0.15, 0.2) is 12.1 Å². The lowest BCUT2D eigenvalue weighted by Crippen LogP contribution is -2.11. The molecule has 7 heteroatoms. The van der Waals surface area contributed by atoms with Crippen LogP contribution in [-0.2, 0) is 6.18 Å². The first-order valence-corrected chi connectivity index (χ1v) is 3.72. The van der Waals surface area contributed by atoms with Crippen LogP contribution >= 0.6 is 11.6 Å². The molecular weight excluding hydrogens is 229 g/mol. The van der Waals surface area contributed by atoms with Gasteiger partial charge in [0.1, 0.15) is 10.8 Å². The Labute approximate surface area is 80.5 Å². The summed E-state index contributed by atoms with van der Waals surface area (Å²) in [6, 6.07) is 1.30. The molecule has 1 aromatic heterocycles. The van der Waals surface area contributed by atoms with Crippen LogP contribution in [-0.4, -0.2) is 4.98 Å². The third kappa shape index (κ3) is 2.31. The van der Waals surface area contributed by atoms with Crippen LogP contribution in [0.25, 0.3) is 0 Å². The molecule has 14 heavy (non-hydrogen) atoms. The van der Waals surface area contributed by atoms with E-state index in [9.17, 15) is 22.0 Å². The van der Waals surface area contributed by atoms with E-state index in [0.717, 1.165) is 6.07 Å². The van der Waals surface area contributed by atoms with Crippen molar-refractivity contribution in [3.8, 4) is 0 Å². The lowest BCUT2D eigenvalue weighted by Gasteiger charge is -2.10. The smallest absolute Gasteiger partial charge is 0.234 e. The molecule has 1 heterocycles. The number of aromatic nitrogens is 1. The summed E-state index contributed by atoms with van der Waals surface area (Å²) in [6.07, 6.45) is -8.14. The number of pyridine rings is 1.